The zero-order valence-corrected chi connectivity index (χ0v) is 11.0. The number of rotatable bonds is 8. The van der Waals surface area contributed by atoms with E-state index in [0.29, 0.717) is 6.04 Å². The van der Waals surface area contributed by atoms with Crippen molar-refractivity contribution in [2.75, 3.05) is 33.4 Å². The van der Waals surface area contributed by atoms with Gasteiger partial charge < -0.3 is 10.5 Å². The van der Waals surface area contributed by atoms with E-state index in [1.807, 2.05) is 0 Å². The summed E-state index contributed by atoms with van der Waals surface area (Å²) in [6, 6.07) is 0.603. The van der Waals surface area contributed by atoms with Crippen LogP contribution in [0.4, 0.5) is 0 Å². The Morgan fingerprint density at radius 3 is 2.40 bits per heavy atom. The van der Waals surface area contributed by atoms with Gasteiger partial charge in [0.15, 0.2) is 0 Å². The van der Waals surface area contributed by atoms with Crippen LogP contribution in [0.25, 0.3) is 0 Å². The molecule has 0 radical (unpaired) electrons. The highest BCUT2D eigenvalue weighted by atomic mass is 16.5. The van der Waals surface area contributed by atoms with E-state index in [1.54, 1.807) is 7.11 Å². The van der Waals surface area contributed by atoms with Gasteiger partial charge in [-0.1, -0.05) is 20.8 Å². The predicted octanol–water partition coefficient (Wildman–Crippen LogP) is 1.72. The van der Waals surface area contributed by atoms with Gasteiger partial charge in [0.1, 0.15) is 0 Å². The molecule has 0 bridgehead atoms. The summed E-state index contributed by atoms with van der Waals surface area (Å²) in [6.07, 6.45) is 1.17. The lowest BCUT2D eigenvalue weighted by Crippen LogP contribution is -2.44. The molecule has 0 aromatic carbocycles. The average molecular weight is 216 g/mol. The first-order chi connectivity index (χ1) is 6.96. The van der Waals surface area contributed by atoms with Crippen molar-refractivity contribution in [3.63, 3.8) is 0 Å². The minimum Gasteiger partial charge on any atom is -0.383 e. The van der Waals surface area contributed by atoms with Gasteiger partial charge in [-0.15, -0.1) is 0 Å². The highest BCUT2D eigenvalue weighted by Gasteiger charge is 2.22. The molecule has 92 valence electrons. The summed E-state index contributed by atoms with van der Waals surface area (Å²) in [7, 11) is 1.75. The van der Waals surface area contributed by atoms with Crippen molar-refractivity contribution < 1.29 is 4.74 Å². The third-order valence-corrected chi connectivity index (χ3v) is 2.98. The van der Waals surface area contributed by atoms with Gasteiger partial charge in [0.05, 0.1) is 6.61 Å². The first-order valence-corrected chi connectivity index (χ1v) is 5.90. The molecule has 0 aromatic rings. The maximum Gasteiger partial charge on any atom is 0.0589 e. The minimum atomic E-state index is 0.192. The van der Waals surface area contributed by atoms with Gasteiger partial charge in [-0.05, 0) is 25.3 Å². The Hall–Kier alpha value is -0.120. The lowest BCUT2D eigenvalue weighted by Gasteiger charge is -2.35. The first kappa shape index (κ1) is 14.9. The smallest absolute Gasteiger partial charge is 0.0589 e. The molecule has 15 heavy (non-hydrogen) atoms. The van der Waals surface area contributed by atoms with Crippen LogP contribution in [0.3, 0.4) is 0 Å². The molecule has 0 fully saturated rings. The Bertz CT molecular complexity index is 160. The minimum absolute atomic E-state index is 0.192. The third-order valence-electron chi connectivity index (χ3n) is 2.98. The second kappa shape index (κ2) is 7.20. The Morgan fingerprint density at radius 1 is 1.40 bits per heavy atom. The Labute approximate surface area is 95.0 Å². The zero-order chi connectivity index (χ0) is 11.9. The number of nitrogens with zero attached hydrogens (tertiary/aromatic N) is 1. The van der Waals surface area contributed by atoms with Crippen molar-refractivity contribution >= 4 is 0 Å². The quantitative estimate of drug-likeness (QED) is 0.671. The molecular weight excluding hydrogens is 188 g/mol. The lowest BCUT2D eigenvalue weighted by atomic mass is 9.92. The van der Waals surface area contributed by atoms with Crippen molar-refractivity contribution in [1.82, 2.24) is 4.90 Å². The number of hydrogen-bond donors (Lipinski definition) is 1. The van der Waals surface area contributed by atoms with E-state index >= 15 is 0 Å². The maximum atomic E-state index is 5.77. The number of hydrogen-bond acceptors (Lipinski definition) is 3. The Balaban J connectivity index is 4.23. The van der Waals surface area contributed by atoms with Crippen LogP contribution in [0.2, 0.25) is 0 Å². The molecule has 0 spiro atoms. The molecule has 0 amide bonds. The summed E-state index contributed by atoms with van der Waals surface area (Å²) >= 11 is 0. The highest BCUT2D eigenvalue weighted by molar-refractivity contribution is 4.77. The van der Waals surface area contributed by atoms with Crippen LogP contribution >= 0.6 is 0 Å². The van der Waals surface area contributed by atoms with E-state index in [1.165, 1.54) is 6.42 Å². The molecule has 0 rings (SSSR count). The molecule has 1 atom stereocenters. The molecule has 0 saturated carbocycles. The summed E-state index contributed by atoms with van der Waals surface area (Å²) in [6.45, 7) is 12.5. The average Bonchev–Trinajstić information content (AvgIpc) is 2.23. The highest BCUT2D eigenvalue weighted by Crippen LogP contribution is 2.17. The molecule has 0 aliphatic heterocycles. The summed E-state index contributed by atoms with van der Waals surface area (Å²) in [5, 5.41) is 0. The molecule has 3 heteroatoms. The molecule has 0 aromatic heterocycles. The number of methoxy groups -OCH3 is 1. The van der Waals surface area contributed by atoms with Gasteiger partial charge in [0.25, 0.3) is 0 Å². The van der Waals surface area contributed by atoms with Crippen LogP contribution in [-0.2, 0) is 4.74 Å². The van der Waals surface area contributed by atoms with Crippen LogP contribution in [0, 0.1) is 5.41 Å². The lowest BCUT2D eigenvalue weighted by molar-refractivity contribution is 0.0919. The summed E-state index contributed by atoms with van der Waals surface area (Å²) in [4.78, 5) is 2.47. The fourth-order valence-corrected chi connectivity index (χ4v) is 1.54. The van der Waals surface area contributed by atoms with Crippen molar-refractivity contribution in [3.8, 4) is 0 Å². The maximum absolute atomic E-state index is 5.77. The van der Waals surface area contributed by atoms with E-state index in [2.05, 4.69) is 32.6 Å². The van der Waals surface area contributed by atoms with Crippen LogP contribution < -0.4 is 5.73 Å². The fourth-order valence-electron chi connectivity index (χ4n) is 1.54. The van der Waals surface area contributed by atoms with E-state index in [0.717, 1.165) is 26.2 Å². The standard InChI is InChI=1S/C12H28N2O/c1-6-11(2)14(7-8-15-5)10-12(3,4)9-13/h11H,6-10,13H2,1-5H3. The number of ether oxygens (including phenoxy) is 1. The van der Waals surface area contributed by atoms with Crippen LogP contribution in [0.15, 0.2) is 0 Å². The second-order valence-corrected chi connectivity index (χ2v) is 5.09. The summed E-state index contributed by atoms with van der Waals surface area (Å²) in [5.41, 5.74) is 5.96. The molecular formula is C12H28N2O. The van der Waals surface area contributed by atoms with E-state index in [4.69, 9.17) is 10.5 Å². The fraction of sp³-hybridized carbons (Fsp3) is 1.00. The van der Waals surface area contributed by atoms with Crippen molar-refractivity contribution in [3.05, 3.63) is 0 Å². The third kappa shape index (κ3) is 6.13. The predicted molar refractivity (Wildman–Crippen MR) is 66.0 cm³/mol. The van der Waals surface area contributed by atoms with Crippen LogP contribution in [-0.4, -0.2) is 44.3 Å². The molecule has 0 aliphatic carbocycles. The van der Waals surface area contributed by atoms with Gasteiger partial charge in [0.2, 0.25) is 0 Å². The largest absolute Gasteiger partial charge is 0.383 e. The topological polar surface area (TPSA) is 38.5 Å². The van der Waals surface area contributed by atoms with Gasteiger partial charge >= 0.3 is 0 Å². The van der Waals surface area contributed by atoms with E-state index in [9.17, 15) is 0 Å². The molecule has 2 N–H and O–H groups in total. The van der Waals surface area contributed by atoms with Gasteiger partial charge in [-0.2, -0.15) is 0 Å². The van der Waals surface area contributed by atoms with E-state index in [-0.39, 0.29) is 5.41 Å². The number of nitrogens with two attached hydrogens (primary N) is 1. The zero-order valence-electron chi connectivity index (χ0n) is 11.0. The second-order valence-electron chi connectivity index (χ2n) is 5.09. The SMILES string of the molecule is CCC(C)N(CCOC)CC(C)(C)CN. The van der Waals surface area contributed by atoms with Crippen molar-refractivity contribution in [1.29, 1.82) is 0 Å². The summed E-state index contributed by atoms with van der Waals surface area (Å²) < 4.78 is 5.14. The molecule has 1 unspecified atom stereocenters. The van der Waals surface area contributed by atoms with Gasteiger partial charge in [0, 0.05) is 26.2 Å². The van der Waals surface area contributed by atoms with Gasteiger partial charge in [-0.25, -0.2) is 0 Å². The Kier molecular flexibility index (Phi) is 7.14. The van der Waals surface area contributed by atoms with Crippen molar-refractivity contribution in [2.45, 2.75) is 40.2 Å². The van der Waals surface area contributed by atoms with E-state index < -0.39 is 0 Å². The molecule has 0 saturated heterocycles. The first-order valence-electron chi connectivity index (χ1n) is 5.90. The molecule has 0 aliphatic rings. The Morgan fingerprint density at radius 2 is 2.00 bits per heavy atom. The molecule has 3 nitrogen and oxygen atoms in total. The van der Waals surface area contributed by atoms with Crippen LogP contribution in [0.1, 0.15) is 34.1 Å². The normalized spacial score (nSPS) is 14.6. The van der Waals surface area contributed by atoms with Crippen molar-refractivity contribution in [2.24, 2.45) is 11.1 Å². The monoisotopic (exact) mass is 216 g/mol. The molecule has 0 heterocycles. The van der Waals surface area contributed by atoms with Crippen LogP contribution in [0.5, 0.6) is 0 Å². The van der Waals surface area contributed by atoms with Gasteiger partial charge in [-0.3, -0.25) is 4.90 Å². The summed E-state index contributed by atoms with van der Waals surface area (Å²) in [5.74, 6) is 0.